The summed E-state index contributed by atoms with van der Waals surface area (Å²) in [5, 5.41) is 5.22. The average Bonchev–Trinajstić information content (AvgIpc) is 3.07. The molecule has 6 heteroatoms. The molecule has 0 spiro atoms. The van der Waals surface area contributed by atoms with E-state index in [1.807, 2.05) is 23.1 Å². The number of carbonyl (C=O) groups excluding carboxylic acids is 1. The zero-order chi connectivity index (χ0) is 16.5. The lowest BCUT2D eigenvalue weighted by Gasteiger charge is -2.35. The van der Waals surface area contributed by atoms with Crippen molar-refractivity contribution >= 4 is 22.6 Å². The minimum Gasteiger partial charge on any atom is -0.353 e. The van der Waals surface area contributed by atoms with Gasteiger partial charge in [0.2, 0.25) is 0 Å². The minimum absolute atomic E-state index is 0.0427. The van der Waals surface area contributed by atoms with E-state index in [0.717, 1.165) is 29.8 Å². The zero-order valence-electron chi connectivity index (χ0n) is 13.6. The summed E-state index contributed by atoms with van der Waals surface area (Å²) in [7, 11) is 1.79. The Morgan fingerprint density at radius 1 is 1.00 bits per heavy atom. The Hall–Kier alpha value is -2.89. The predicted octanol–water partition coefficient (Wildman–Crippen LogP) is 1.93. The molecule has 0 saturated carbocycles. The van der Waals surface area contributed by atoms with Crippen molar-refractivity contribution in [1.82, 2.24) is 19.7 Å². The van der Waals surface area contributed by atoms with Gasteiger partial charge in [-0.25, -0.2) is 4.98 Å². The number of aromatic nitrogens is 3. The first-order valence-corrected chi connectivity index (χ1v) is 8.10. The standard InChI is InChI=1S/C18H19N5O/c1-21-16(8-9-19-21)18(24)23-12-10-22(11-13-23)17-7-6-14-4-2-3-5-15(14)20-17/h2-9H,10-13H2,1H3. The van der Waals surface area contributed by atoms with E-state index in [9.17, 15) is 4.79 Å². The van der Waals surface area contributed by atoms with Crippen LogP contribution in [-0.4, -0.2) is 51.8 Å². The summed E-state index contributed by atoms with van der Waals surface area (Å²) in [4.78, 5) is 21.4. The van der Waals surface area contributed by atoms with E-state index in [1.54, 1.807) is 24.0 Å². The Kier molecular flexibility index (Phi) is 3.65. The van der Waals surface area contributed by atoms with E-state index >= 15 is 0 Å². The summed E-state index contributed by atoms with van der Waals surface area (Å²) in [6.07, 6.45) is 1.66. The van der Waals surface area contributed by atoms with Gasteiger partial charge in [-0.15, -0.1) is 0 Å². The number of piperazine rings is 1. The Labute approximate surface area is 140 Å². The average molecular weight is 321 g/mol. The summed E-state index contributed by atoms with van der Waals surface area (Å²) in [5.74, 6) is 1.02. The molecule has 1 fully saturated rings. The summed E-state index contributed by atoms with van der Waals surface area (Å²) in [6, 6.07) is 14.0. The number of rotatable bonds is 2. The number of hydrogen-bond donors (Lipinski definition) is 0. The van der Waals surface area contributed by atoms with Gasteiger partial charge in [0.25, 0.3) is 5.91 Å². The molecule has 0 aliphatic carbocycles. The fraction of sp³-hybridized carbons (Fsp3) is 0.278. The number of amides is 1. The maximum atomic E-state index is 12.5. The molecule has 3 aromatic rings. The Morgan fingerprint density at radius 2 is 1.79 bits per heavy atom. The monoisotopic (exact) mass is 321 g/mol. The molecule has 1 saturated heterocycles. The fourth-order valence-corrected chi connectivity index (χ4v) is 3.12. The maximum Gasteiger partial charge on any atom is 0.272 e. The number of fused-ring (bicyclic) bond motifs is 1. The van der Waals surface area contributed by atoms with E-state index in [-0.39, 0.29) is 5.91 Å². The molecule has 1 aliphatic heterocycles. The molecule has 1 aliphatic rings. The van der Waals surface area contributed by atoms with Crippen molar-refractivity contribution < 1.29 is 4.79 Å². The first kappa shape index (κ1) is 14.7. The number of aryl methyl sites for hydroxylation is 1. The van der Waals surface area contributed by atoms with Gasteiger partial charge in [-0.1, -0.05) is 18.2 Å². The molecule has 122 valence electrons. The van der Waals surface area contributed by atoms with Crippen LogP contribution in [0.15, 0.2) is 48.7 Å². The number of anilines is 1. The molecule has 0 bridgehead atoms. The maximum absolute atomic E-state index is 12.5. The summed E-state index contributed by atoms with van der Waals surface area (Å²) in [6.45, 7) is 2.96. The molecule has 0 N–H and O–H groups in total. The van der Waals surface area contributed by atoms with Gasteiger partial charge >= 0.3 is 0 Å². The van der Waals surface area contributed by atoms with Gasteiger partial charge in [0.1, 0.15) is 11.5 Å². The van der Waals surface area contributed by atoms with Gasteiger partial charge in [-0.05, 0) is 24.3 Å². The van der Waals surface area contributed by atoms with Crippen molar-refractivity contribution in [2.24, 2.45) is 7.05 Å². The molecule has 0 unspecified atom stereocenters. The van der Waals surface area contributed by atoms with Crippen LogP contribution in [0.2, 0.25) is 0 Å². The van der Waals surface area contributed by atoms with E-state index in [1.165, 1.54) is 0 Å². The van der Waals surface area contributed by atoms with Crippen LogP contribution in [0.25, 0.3) is 10.9 Å². The van der Waals surface area contributed by atoms with Crippen LogP contribution >= 0.6 is 0 Å². The highest BCUT2D eigenvalue weighted by Crippen LogP contribution is 2.19. The summed E-state index contributed by atoms with van der Waals surface area (Å²) >= 11 is 0. The van der Waals surface area contributed by atoms with Crippen LogP contribution in [-0.2, 0) is 7.05 Å². The van der Waals surface area contributed by atoms with Gasteiger partial charge in [0, 0.05) is 44.8 Å². The Morgan fingerprint density at radius 3 is 2.54 bits per heavy atom. The van der Waals surface area contributed by atoms with Crippen LogP contribution < -0.4 is 4.90 Å². The van der Waals surface area contributed by atoms with E-state index in [0.29, 0.717) is 18.8 Å². The Balaban J connectivity index is 1.47. The molecule has 1 aromatic carbocycles. The van der Waals surface area contributed by atoms with Crippen LogP contribution in [0.5, 0.6) is 0 Å². The molecule has 0 radical (unpaired) electrons. The molecule has 0 atom stereocenters. The van der Waals surface area contributed by atoms with Gasteiger partial charge < -0.3 is 9.80 Å². The third-order valence-corrected chi connectivity index (χ3v) is 4.51. The van der Waals surface area contributed by atoms with Crippen molar-refractivity contribution in [2.75, 3.05) is 31.1 Å². The number of para-hydroxylation sites is 1. The van der Waals surface area contributed by atoms with Crippen LogP contribution in [0, 0.1) is 0 Å². The normalized spacial score (nSPS) is 15.0. The number of nitrogens with zero attached hydrogens (tertiary/aromatic N) is 5. The smallest absolute Gasteiger partial charge is 0.272 e. The SMILES string of the molecule is Cn1nccc1C(=O)N1CCN(c2ccc3ccccc3n2)CC1. The molecule has 1 amide bonds. The van der Waals surface area contributed by atoms with Gasteiger partial charge in [0.15, 0.2) is 0 Å². The van der Waals surface area contributed by atoms with Crippen molar-refractivity contribution in [3.05, 3.63) is 54.4 Å². The van der Waals surface area contributed by atoms with Crippen LogP contribution in [0.1, 0.15) is 10.5 Å². The quantitative estimate of drug-likeness (QED) is 0.724. The third-order valence-electron chi connectivity index (χ3n) is 4.51. The van der Waals surface area contributed by atoms with Crippen LogP contribution in [0.3, 0.4) is 0 Å². The van der Waals surface area contributed by atoms with Crippen molar-refractivity contribution in [1.29, 1.82) is 0 Å². The molecule has 24 heavy (non-hydrogen) atoms. The Bertz CT molecular complexity index is 880. The first-order valence-electron chi connectivity index (χ1n) is 8.10. The molecule has 6 nitrogen and oxygen atoms in total. The minimum atomic E-state index is 0.0427. The van der Waals surface area contributed by atoms with Gasteiger partial charge in [-0.2, -0.15) is 5.10 Å². The van der Waals surface area contributed by atoms with Gasteiger partial charge in [-0.3, -0.25) is 9.48 Å². The lowest BCUT2D eigenvalue weighted by atomic mass is 10.2. The van der Waals surface area contributed by atoms with Crippen molar-refractivity contribution in [3.63, 3.8) is 0 Å². The fourth-order valence-electron chi connectivity index (χ4n) is 3.12. The molecule has 4 rings (SSSR count). The number of hydrogen-bond acceptors (Lipinski definition) is 4. The number of benzene rings is 1. The van der Waals surface area contributed by atoms with Gasteiger partial charge in [0.05, 0.1) is 5.52 Å². The molecule has 2 aromatic heterocycles. The topological polar surface area (TPSA) is 54.3 Å². The lowest BCUT2D eigenvalue weighted by molar-refractivity contribution is 0.0735. The van der Waals surface area contributed by atoms with Crippen molar-refractivity contribution in [3.8, 4) is 0 Å². The largest absolute Gasteiger partial charge is 0.353 e. The zero-order valence-corrected chi connectivity index (χ0v) is 13.6. The summed E-state index contributed by atoms with van der Waals surface area (Å²) in [5.41, 5.74) is 1.63. The second-order valence-corrected chi connectivity index (χ2v) is 5.98. The summed E-state index contributed by atoms with van der Waals surface area (Å²) < 4.78 is 1.62. The third kappa shape index (κ3) is 2.60. The second-order valence-electron chi connectivity index (χ2n) is 5.98. The highest BCUT2D eigenvalue weighted by molar-refractivity contribution is 5.92. The molecule has 3 heterocycles. The molecular weight excluding hydrogens is 302 g/mol. The highest BCUT2D eigenvalue weighted by atomic mass is 16.2. The highest BCUT2D eigenvalue weighted by Gasteiger charge is 2.24. The molecular formula is C18H19N5O. The first-order chi connectivity index (χ1) is 11.7. The van der Waals surface area contributed by atoms with Crippen molar-refractivity contribution in [2.45, 2.75) is 0 Å². The number of pyridine rings is 1. The second kappa shape index (κ2) is 5.96. The number of carbonyl (C=O) groups is 1. The predicted molar refractivity (Wildman–Crippen MR) is 93.1 cm³/mol. The van der Waals surface area contributed by atoms with E-state index < -0.39 is 0 Å². The van der Waals surface area contributed by atoms with E-state index in [2.05, 4.69) is 28.2 Å². The van der Waals surface area contributed by atoms with Crippen LogP contribution in [0.4, 0.5) is 5.82 Å². The van der Waals surface area contributed by atoms with E-state index in [4.69, 9.17) is 4.98 Å². The lowest BCUT2D eigenvalue weighted by Crippen LogP contribution is -2.49.